The number of carbonyl (C=O) groups excluding carboxylic acids is 12. The van der Waals surface area contributed by atoms with Crippen molar-refractivity contribution in [3.05, 3.63) is 184 Å². The number of nitrogens with zero attached hydrogens (tertiary/aromatic N) is 4. The summed E-state index contributed by atoms with van der Waals surface area (Å²) < 4.78 is 1.41. The highest BCUT2D eigenvalue weighted by Gasteiger charge is 2.41. The molecular formula is C95H134N6O13. The molecule has 2 N–H and O–H groups in total. The van der Waals surface area contributed by atoms with Crippen LogP contribution >= 0.6 is 0 Å². The molecule has 5 atom stereocenters. The number of Topliss-reactive ketones (excluding diaryl/α,β-unsaturated/α-hetero) is 8. The van der Waals surface area contributed by atoms with Gasteiger partial charge in [-0.2, -0.15) is 5.10 Å². The first-order chi connectivity index (χ1) is 55.1. The van der Waals surface area contributed by atoms with Gasteiger partial charge in [-0.25, -0.2) is 0 Å². The second-order valence-electron chi connectivity index (χ2n) is 27.0. The molecule has 7 aromatic rings. The molecule has 5 unspecified atom stereocenters. The molecule has 4 saturated carbocycles. The van der Waals surface area contributed by atoms with Gasteiger partial charge in [-0.3, -0.25) is 72.7 Å². The maximum atomic E-state index is 12.4. The number of H-pyrrole nitrogens is 1. The zero-order chi connectivity index (χ0) is 86.0. The number of anilines is 1. The minimum atomic E-state index is -0.602. The minimum absolute atomic E-state index is 0.00986. The standard InChI is InChI=1S/C15H14O2.C14H12N2O3.2C14H13NO3.C13H12N2O2.5C3H8.5C2H6/c16-11-6-8-14(15(17)9-11)13-7-5-10-3-1-2-4-12(10)13;17-12-6-5-11(13(18)15-12)16-8-7-9-3-1-2-4-10(9)14(16)19;16-10-5-6-12(13(17)7-10)15-8-9-3-1-2-4-11(9)14(15)18;16-10-5-6-12(13(17)8-10)15-11-4-2-1-3-9(11)7-14(15)18;16-8-5-6-10(12(17)7-8)13-9-3-1-2-4-11(9)14-15-13;5*1-3-2;5*1-2/h1-4,7,14H,5-6,8-9H2;1-4,7-8,11H,5-6H2,(H,15,17,18);2*1-4,12H,5-8H2;1-4,10H,5-7H2,(H,14,15);5*3H2,1-2H3;5*1-2H3. The molecule has 4 amide bonds. The molecular weight excluding hydrogens is 1430 g/mol. The first-order valence-corrected chi connectivity index (χ1v) is 42.2. The van der Waals surface area contributed by atoms with Crippen molar-refractivity contribution >= 4 is 103 Å². The molecule has 0 radical (unpaired) electrons. The average Bonchev–Trinajstić information content (AvgIpc) is 1.68. The summed E-state index contributed by atoms with van der Waals surface area (Å²) in [6.07, 6.45) is 16.1. The highest BCUT2D eigenvalue weighted by atomic mass is 16.2. The number of piperidine rings is 1. The van der Waals surface area contributed by atoms with Crippen LogP contribution < -0.4 is 15.8 Å². The fourth-order valence-corrected chi connectivity index (χ4v) is 13.1. The number of hydrogen-bond donors (Lipinski definition) is 2. The number of nitrogens with one attached hydrogen (secondary N) is 2. The van der Waals surface area contributed by atoms with Gasteiger partial charge in [0.1, 0.15) is 40.7 Å². The van der Waals surface area contributed by atoms with Crippen LogP contribution in [0.2, 0.25) is 0 Å². The monoisotopic (exact) mass is 1570 g/mol. The van der Waals surface area contributed by atoms with Crippen molar-refractivity contribution in [2.45, 2.75) is 304 Å². The lowest BCUT2D eigenvalue weighted by Crippen LogP contribution is -2.46. The molecule has 0 spiro atoms. The quantitative estimate of drug-likeness (QED) is 0.120. The molecule has 5 aliphatic carbocycles. The molecule has 8 aliphatic rings. The van der Waals surface area contributed by atoms with Crippen LogP contribution in [0.4, 0.5) is 5.69 Å². The van der Waals surface area contributed by atoms with E-state index in [1.54, 1.807) is 40.3 Å². The van der Waals surface area contributed by atoms with Crippen LogP contribution in [0.25, 0.3) is 27.2 Å². The number of benzene rings is 5. The van der Waals surface area contributed by atoms with Gasteiger partial charge in [0.05, 0.1) is 61.3 Å². The number of pyridine rings is 1. The third kappa shape index (κ3) is 30.4. The van der Waals surface area contributed by atoms with E-state index >= 15 is 0 Å². The van der Waals surface area contributed by atoms with Gasteiger partial charge in [0.2, 0.25) is 17.7 Å². The number of allylic oxidation sites excluding steroid dienone is 2. The maximum Gasteiger partial charge on any atom is 0.259 e. The van der Waals surface area contributed by atoms with E-state index in [9.17, 15) is 62.3 Å². The number of amides is 4. The lowest BCUT2D eigenvalue weighted by atomic mass is 9.80. The van der Waals surface area contributed by atoms with Gasteiger partial charge >= 0.3 is 0 Å². The summed E-state index contributed by atoms with van der Waals surface area (Å²) in [5, 5.41) is 11.8. The van der Waals surface area contributed by atoms with Crippen molar-refractivity contribution in [1.82, 2.24) is 25.0 Å². The van der Waals surface area contributed by atoms with Gasteiger partial charge in [-0.05, 0) is 102 Å². The molecule has 5 heterocycles. The van der Waals surface area contributed by atoms with Crippen molar-refractivity contribution in [1.29, 1.82) is 0 Å². The summed E-state index contributed by atoms with van der Waals surface area (Å²) >= 11 is 0. The van der Waals surface area contributed by atoms with Crippen LogP contribution in [0.5, 0.6) is 0 Å². The fraction of sp³-hybridized carbons (Fsp3) is 0.495. The number of imide groups is 1. The van der Waals surface area contributed by atoms with Crippen LogP contribution in [0, 0.1) is 5.92 Å². The number of hydrogen-bond acceptors (Lipinski definition) is 14. The van der Waals surface area contributed by atoms with Crippen molar-refractivity contribution in [2.75, 3.05) is 4.90 Å². The summed E-state index contributed by atoms with van der Waals surface area (Å²) in [4.78, 5) is 155. The number of aromatic nitrogens is 3. The minimum Gasteiger partial charge on any atom is -0.324 e. The Morgan fingerprint density at radius 3 is 1.35 bits per heavy atom. The molecule has 0 bridgehead atoms. The summed E-state index contributed by atoms with van der Waals surface area (Å²) in [6.45, 7) is 41.7. The van der Waals surface area contributed by atoms with Crippen molar-refractivity contribution in [2.24, 2.45) is 5.92 Å². The van der Waals surface area contributed by atoms with E-state index in [0.717, 1.165) is 50.8 Å². The number of rotatable bonds is 5. The maximum absolute atomic E-state index is 12.4. The average molecular weight is 1570 g/mol. The molecule has 5 fully saturated rings. The SMILES string of the molecule is CC.CC.CC.CC.CC.CCC.CCC.CCC.CCC.CCC.O=C1CCC(C2=CCc3ccccc32)C(=O)C1.O=C1CCC(N2C(=O)Cc3ccccc32)C(=O)C1.O=C1CCC(N2Cc3ccccc3C2=O)C(=O)C1.O=C1CCC(c2[nH]nc3ccccc23)C(=O)C1.O=C1CCC(n2ccc3ccccc3c2=O)C(=O)N1. The normalized spacial score (nSPS) is 18.4. The molecule has 1 saturated heterocycles. The zero-order valence-corrected chi connectivity index (χ0v) is 72.3. The second-order valence-corrected chi connectivity index (χ2v) is 27.0. The molecule has 19 heteroatoms. The number of fused-ring (bicyclic) bond motifs is 5. The summed E-state index contributed by atoms with van der Waals surface area (Å²) in [7, 11) is 0. The number of ketones is 8. The molecule has 114 heavy (non-hydrogen) atoms. The molecule has 622 valence electrons. The lowest BCUT2D eigenvalue weighted by molar-refractivity contribution is -0.136. The van der Waals surface area contributed by atoms with E-state index in [4.69, 9.17) is 0 Å². The Hall–Kier alpha value is -10.0. The number of carbonyl (C=O) groups is 12. The summed E-state index contributed by atoms with van der Waals surface area (Å²) in [5.41, 5.74) is 8.63. The van der Waals surface area contributed by atoms with Gasteiger partial charge in [0, 0.05) is 72.8 Å². The number of para-hydroxylation sites is 2. The lowest BCUT2D eigenvalue weighted by Gasteiger charge is -2.29. The third-order valence-electron chi connectivity index (χ3n) is 17.7. The topological polar surface area (TPSA) is 274 Å². The summed E-state index contributed by atoms with van der Waals surface area (Å²) in [6, 6.07) is 38.5. The van der Waals surface area contributed by atoms with E-state index in [1.807, 2.05) is 160 Å². The zero-order valence-electron chi connectivity index (χ0n) is 72.3. The molecule has 3 aliphatic heterocycles. The van der Waals surface area contributed by atoms with Gasteiger partial charge in [0.15, 0.2) is 11.6 Å². The Labute approximate surface area is 680 Å². The van der Waals surface area contributed by atoms with Crippen LogP contribution in [-0.2, 0) is 72.1 Å². The fourth-order valence-electron chi connectivity index (χ4n) is 13.1. The van der Waals surface area contributed by atoms with Gasteiger partial charge in [0.25, 0.3) is 11.5 Å². The largest absolute Gasteiger partial charge is 0.324 e. The predicted molar refractivity (Wildman–Crippen MR) is 464 cm³/mol. The highest BCUT2D eigenvalue weighted by molar-refractivity contribution is 6.12. The van der Waals surface area contributed by atoms with E-state index in [-0.39, 0.29) is 113 Å². The van der Waals surface area contributed by atoms with Gasteiger partial charge < -0.3 is 14.4 Å². The van der Waals surface area contributed by atoms with E-state index in [1.165, 1.54) is 47.8 Å². The van der Waals surface area contributed by atoms with Crippen molar-refractivity contribution < 1.29 is 57.5 Å². The molecule has 5 aromatic carbocycles. The molecule has 15 rings (SSSR count). The van der Waals surface area contributed by atoms with Crippen molar-refractivity contribution in [3.8, 4) is 0 Å². The molecule has 2 aromatic heterocycles. The van der Waals surface area contributed by atoms with Crippen LogP contribution in [0.1, 0.15) is 311 Å². The first kappa shape index (κ1) is 102. The Morgan fingerprint density at radius 1 is 0.404 bits per heavy atom. The van der Waals surface area contributed by atoms with Gasteiger partial charge in [-0.15, -0.1) is 0 Å². The van der Waals surface area contributed by atoms with E-state index in [0.29, 0.717) is 81.7 Å². The Balaban J connectivity index is 0.000000664. The highest BCUT2D eigenvalue weighted by Crippen LogP contribution is 2.39. The smallest absolute Gasteiger partial charge is 0.259 e. The van der Waals surface area contributed by atoms with E-state index in [2.05, 4.69) is 103 Å². The third-order valence-corrected chi connectivity index (χ3v) is 17.7. The van der Waals surface area contributed by atoms with Crippen LogP contribution in [0.15, 0.2) is 144 Å². The van der Waals surface area contributed by atoms with Crippen LogP contribution in [0.3, 0.4) is 0 Å². The predicted octanol–water partition coefficient (Wildman–Crippen LogP) is 20.3. The Bertz CT molecular complexity index is 4280. The second kappa shape index (κ2) is 57.1. The summed E-state index contributed by atoms with van der Waals surface area (Å²) in [5.74, 6) is -1.07. The van der Waals surface area contributed by atoms with Crippen molar-refractivity contribution in [3.63, 3.8) is 0 Å². The number of aromatic amines is 1. The van der Waals surface area contributed by atoms with Gasteiger partial charge in [-0.1, -0.05) is 274 Å². The Kier molecular flexibility index (Phi) is 51.0. The van der Waals surface area contributed by atoms with Crippen LogP contribution in [-0.4, -0.2) is 102 Å². The Morgan fingerprint density at radius 2 is 0.833 bits per heavy atom. The van der Waals surface area contributed by atoms with E-state index < -0.39 is 24.0 Å². The first-order valence-electron chi connectivity index (χ1n) is 42.2. The molecule has 19 nitrogen and oxygen atoms in total.